The molecule has 4 aromatic rings. The van der Waals surface area contributed by atoms with E-state index in [1.807, 2.05) is 30.0 Å². The molecule has 0 amide bonds. The molecule has 0 unspecified atom stereocenters. The normalized spacial score (nSPS) is 11.5. The second-order valence-electron chi connectivity index (χ2n) is 7.88. The molecule has 2 N–H and O–H groups in total. The Hall–Kier alpha value is -3.93. The molecule has 0 saturated heterocycles. The van der Waals surface area contributed by atoms with Crippen molar-refractivity contribution in [2.75, 3.05) is 13.6 Å². The van der Waals surface area contributed by atoms with Crippen LogP contribution in [-0.2, 0) is 6.54 Å². The van der Waals surface area contributed by atoms with Crippen LogP contribution >= 0.6 is 0 Å². The van der Waals surface area contributed by atoms with E-state index in [-0.39, 0.29) is 0 Å². The third-order valence-corrected chi connectivity index (χ3v) is 5.69. The summed E-state index contributed by atoms with van der Waals surface area (Å²) in [5, 5.41) is 6.84. The lowest BCUT2D eigenvalue weighted by molar-refractivity contribution is 0.678. The molecule has 6 heteroatoms. The van der Waals surface area contributed by atoms with Gasteiger partial charge in [-0.25, -0.2) is 9.97 Å². The second-order valence-corrected chi connectivity index (χ2v) is 7.88. The molecule has 0 fully saturated rings. The molecule has 0 atom stereocenters. The summed E-state index contributed by atoms with van der Waals surface area (Å²) < 4.78 is 1.97. The molecule has 33 heavy (non-hydrogen) atoms. The number of aryl methyl sites for hydroxylation is 1. The van der Waals surface area contributed by atoms with E-state index >= 15 is 0 Å². The van der Waals surface area contributed by atoms with Gasteiger partial charge in [-0.1, -0.05) is 66.7 Å². The third-order valence-electron chi connectivity index (χ3n) is 5.69. The molecule has 0 aliphatic heterocycles. The minimum Gasteiger partial charge on any atom is -0.356 e. The van der Waals surface area contributed by atoms with Crippen LogP contribution in [0.5, 0.6) is 0 Å². The molecule has 2 heterocycles. The average Bonchev–Trinajstić information content (AvgIpc) is 3.31. The molecule has 0 spiro atoms. The molecule has 2 aromatic heterocycles. The maximum Gasteiger partial charge on any atom is 0.191 e. The minimum absolute atomic E-state index is 0.335. The minimum atomic E-state index is 0.335. The number of rotatable bonds is 8. The smallest absolute Gasteiger partial charge is 0.191 e. The van der Waals surface area contributed by atoms with Gasteiger partial charge in [-0.15, -0.1) is 0 Å². The van der Waals surface area contributed by atoms with Crippen molar-refractivity contribution >= 4 is 5.96 Å². The molecule has 0 aliphatic carbocycles. The number of hydrogen-bond acceptors (Lipinski definition) is 3. The van der Waals surface area contributed by atoms with Gasteiger partial charge in [0.15, 0.2) is 5.96 Å². The molecule has 2 aromatic carbocycles. The SMILES string of the molecule is CN=C(NCCC(c1ccccc1)c1ccccc1)NCc1ccc(-n2ccnc2C)nc1. The monoisotopic (exact) mass is 438 g/mol. The zero-order valence-electron chi connectivity index (χ0n) is 19.1. The van der Waals surface area contributed by atoms with E-state index in [0.29, 0.717) is 12.5 Å². The Kier molecular flexibility index (Phi) is 7.48. The molecule has 0 aliphatic rings. The highest BCUT2D eigenvalue weighted by Gasteiger charge is 2.13. The number of benzene rings is 2. The topological polar surface area (TPSA) is 67.1 Å². The first-order chi connectivity index (χ1) is 16.2. The van der Waals surface area contributed by atoms with Gasteiger partial charge in [0.1, 0.15) is 11.6 Å². The predicted molar refractivity (Wildman–Crippen MR) is 134 cm³/mol. The number of hydrogen-bond donors (Lipinski definition) is 2. The standard InChI is InChI=1S/C27H30N6/c1-21-29-17-18-33(21)26-14-13-22(19-31-26)20-32-27(28-2)30-16-15-25(23-9-5-3-6-10-23)24-11-7-4-8-12-24/h3-14,17-19,25H,15-16,20H2,1-2H3,(H2,28,30,32). The molecular formula is C27H30N6. The Bertz CT molecular complexity index is 1110. The molecule has 0 saturated carbocycles. The van der Waals surface area contributed by atoms with Gasteiger partial charge in [0.25, 0.3) is 0 Å². The fourth-order valence-corrected chi connectivity index (χ4v) is 3.92. The first-order valence-electron chi connectivity index (χ1n) is 11.2. The zero-order valence-corrected chi connectivity index (χ0v) is 19.1. The first-order valence-corrected chi connectivity index (χ1v) is 11.2. The molecular weight excluding hydrogens is 408 g/mol. The predicted octanol–water partition coefficient (Wildman–Crippen LogP) is 4.46. The van der Waals surface area contributed by atoms with Crippen molar-refractivity contribution in [3.8, 4) is 5.82 Å². The molecule has 0 radical (unpaired) electrons. The van der Waals surface area contributed by atoms with Crippen LogP contribution in [0.4, 0.5) is 0 Å². The van der Waals surface area contributed by atoms with Gasteiger partial charge in [0.2, 0.25) is 0 Å². The molecule has 6 nitrogen and oxygen atoms in total. The Balaban J connectivity index is 1.32. The average molecular weight is 439 g/mol. The number of guanidine groups is 1. The van der Waals surface area contributed by atoms with Crippen LogP contribution in [0.15, 0.2) is 96.4 Å². The number of nitrogens with one attached hydrogen (secondary N) is 2. The summed E-state index contributed by atoms with van der Waals surface area (Å²) in [6, 6.07) is 25.4. The quantitative estimate of drug-likeness (QED) is 0.315. The van der Waals surface area contributed by atoms with Crippen molar-refractivity contribution in [2.45, 2.75) is 25.8 Å². The number of pyridine rings is 1. The van der Waals surface area contributed by atoms with Crippen molar-refractivity contribution in [1.82, 2.24) is 25.2 Å². The van der Waals surface area contributed by atoms with Gasteiger partial charge in [-0.05, 0) is 36.1 Å². The Labute approximate surface area is 195 Å². The van der Waals surface area contributed by atoms with Crippen LogP contribution in [0.25, 0.3) is 5.82 Å². The van der Waals surface area contributed by atoms with Crippen molar-refractivity contribution in [3.63, 3.8) is 0 Å². The summed E-state index contributed by atoms with van der Waals surface area (Å²) in [4.78, 5) is 13.2. The summed E-state index contributed by atoms with van der Waals surface area (Å²) in [6.45, 7) is 3.43. The van der Waals surface area contributed by atoms with Crippen molar-refractivity contribution in [3.05, 3.63) is 114 Å². The third kappa shape index (κ3) is 5.86. The van der Waals surface area contributed by atoms with E-state index in [1.165, 1.54) is 11.1 Å². The van der Waals surface area contributed by atoms with Crippen molar-refractivity contribution < 1.29 is 0 Å². The van der Waals surface area contributed by atoms with Crippen molar-refractivity contribution in [2.24, 2.45) is 4.99 Å². The lowest BCUT2D eigenvalue weighted by Gasteiger charge is -2.19. The van der Waals surface area contributed by atoms with Crippen LogP contribution in [0.3, 0.4) is 0 Å². The van der Waals surface area contributed by atoms with Crippen LogP contribution < -0.4 is 10.6 Å². The maximum absolute atomic E-state index is 4.56. The number of aliphatic imine (C=N–C) groups is 1. The molecule has 168 valence electrons. The second kappa shape index (κ2) is 11.1. The highest BCUT2D eigenvalue weighted by atomic mass is 15.2. The fourth-order valence-electron chi connectivity index (χ4n) is 3.92. The number of nitrogens with zero attached hydrogens (tertiary/aromatic N) is 4. The van der Waals surface area contributed by atoms with E-state index in [1.54, 1.807) is 13.2 Å². The Morgan fingerprint density at radius 1 is 0.909 bits per heavy atom. The highest BCUT2D eigenvalue weighted by Crippen LogP contribution is 2.27. The van der Waals surface area contributed by atoms with E-state index in [2.05, 4.69) is 92.3 Å². The molecule has 0 bridgehead atoms. The van der Waals surface area contributed by atoms with E-state index in [9.17, 15) is 0 Å². The largest absolute Gasteiger partial charge is 0.356 e. The van der Waals surface area contributed by atoms with Gasteiger partial charge in [-0.3, -0.25) is 9.56 Å². The number of aromatic nitrogens is 3. The maximum atomic E-state index is 4.56. The zero-order chi connectivity index (χ0) is 22.9. The van der Waals surface area contributed by atoms with E-state index in [0.717, 1.165) is 36.1 Å². The van der Waals surface area contributed by atoms with Gasteiger partial charge in [0.05, 0.1) is 0 Å². The van der Waals surface area contributed by atoms with Crippen LogP contribution in [0.2, 0.25) is 0 Å². The van der Waals surface area contributed by atoms with Gasteiger partial charge < -0.3 is 10.6 Å². The first kappa shape index (κ1) is 22.3. The van der Waals surface area contributed by atoms with E-state index in [4.69, 9.17) is 0 Å². The Morgan fingerprint density at radius 3 is 2.15 bits per heavy atom. The lowest BCUT2D eigenvalue weighted by Crippen LogP contribution is -2.37. The fraction of sp³-hybridized carbons (Fsp3) is 0.222. The lowest BCUT2D eigenvalue weighted by atomic mass is 9.88. The molecule has 4 rings (SSSR count). The summed E-state index contributed by atoms with van der Waals surface area (Å²) in [5.41, 5.74) is 3.74. The van der Waals surface area contributed by atoms with Gasteiger partial charge >= 0.3 is 0 Å². The Morgan fingerprint density at radius 2 is 1.61 bits per heavy atom. The van der Waals surface area contributed by atoms with Crippen LogP contribution in [0, 0.1) is 6.92 Å². The van der Waals surface area contributed by atoms with Crippen LogP contribution in [-0.4, -0.2) is 34.1 Å². The summed E-state index contributed by atoms with van der Waals surface area (Å²) >= 11 is 0. The highest BCUT2D eigenvalue weighted by molar-refractivity contribution is 5.79. The van der Waals surface area contributed by atoms with Crippen LogP contribution in [0.1, 0.15) is 34.9 Å². The summed E-state index contributed by atoms with van der Waals surface area (Å²) in [5.74, 6) is 2.90. The van der Waals surface area contributed by atoms with Crippen molar-refractivity contribution in [1.29, 1.82) is 0 Å². The summed E-state index contributed by atoms with van der Waals surface area (Å²) in [6.07, 6.45) is 6.55. The van der Waals surface area contributed by atoms with Gasteiger partial charge in [-0.2, -0.15) is 0 Å². The van der Waals surface area contributed by atoms with Gasteiger partial charge in [0, 0.05) is 44.6 Å². The van der Waals surface area contributed by atoms with E-state index < -0.39 is 0 Å². The number of imidazole rings is 1. The summed E-state index contributed by atoms with van der Waals surface area (Å²) in [7, 11) is 1.80.